The largest absolute Gasteiger partial charge is 1.00 e. The maximum atomic E-state index is 8.93. The minimum Gasteiger partial charge on any atom is -0.855 e. The van der Waals surface area contributed by atoms with E-state index in [-0.39, 0.29) is 60.1 Å². The fraction of sp³-hybridized carbons (Fsp3) is 1.00. The molecule has 28 valence electrons. The standard InChI is InChI=1S/C2H5O.HI.Na/c1-2-3;;/h2H2,1H3;1H;/q-1;;+1. The number of hydrogen-bond donors (Lipinski definition) is 0. The minimum absolute atomic E-state index is 0. The summed E-state index contributed by atoms with van der Waals surface area (Å²) in [5, 5.41) is 8.93. The predicted molar refractivity (Wildman–Crippen MR) is 26.0 cm³/mol. The molecule has 0 aromatic heterocycles. The van der Waals surface area contributed by atoms with Crippen molar-refractivity contribution in [3.8, 4) is 0 Å². The van der Waals surface area contributed by atoms with Crippen molar-refractivity contribution in [2.75, 3.05) is 6.61 Å². The Morgan fingerprint density at radius 3 is 1.60 bits per heavy atom. The summed E-state index contributed by atoms with van der Waals surface area (Å²) in [6.45, 7) is 1.57. The summed E-state index contributed by atoms with van der Waals surface area (Å²) in [4.78, 5) is 0. The second-order valence-electron chi connectivity index (χ2n) is 0.289. The molecule has 0 saturated carbocycles. The predicted octanol–water partition coefficient (Wildman–Crippen LogP) is -3.01. The van der Waals surface area contributed by atoms with E-state index in [4.69, 9.17) is 5.11 Å². The molecule has 3 heteroatoms. The minimum atomic E-state index is 0. The van der Waals surface area contributed by atoms with Gasteiger partial charge in [0.2, 0.25) is 0 Å². The molecule has 5 heavy (non-hydrogen) atoms. The van der Waals surface area contributed by atoms with Crippen LogP contribution in [0.5, 0.6) is 0 Å². The van der Waals surface area contributed by atoms with Crippen LogP contribution in [0, 0.1) is 0 Å². The maximum absolute atomic E-state index is 8.93. The summed E-state index contributed by atoms with van der Waals surface area (Å²) in [5.74, 6) is 0. The van der Waals surface area contributed by atoms with E-state index in [2.05, 4.69) is 0 Å². The fourth-order valence-electron chi connectivity index (χ4n) is 0. The summed E-state index contributed by atoms with van der Waals surface area (Å²) in [6, 6.07) is 0. The van der Waals surface area contributed by atoms with Crippen LogP contribution in [0.25, 0.3) is 0 Å². The van der Waals surface area contributed by atoms with Crippen LogP contribution in [-0.4, -0.2) is 6.61 Å². The quantitative estimate of drug-likeness (QED) is 0.299. The first-order chi connectivity index (χ1) is 1.41. The van der Waals surface area contributed by atoms with E-state index in [1.54, 1.807) is 6.92 Å². The summed E-state index contributed by atoms with van der Waals surface area (Å²) >= 11 is 0. The van der Waals surface area contributed by atoms with Gasteiger partial charge in [-0.15, -0.1) is 30.6 Å². The molecule has 0 spiro atoms. The van der Waals surface area contributed by atoms with Crippen molar-refractivity contribution in [2.24, 2.45) is 0 Å². The van der Waals surface area contributed by atoms with Crippen LogP contribution < -0.4 is 34.7 Å². The van der Waals surface area contributed by atoms with Crippen LogP contribution in [0.15, 0.2) is 0 Å². The fourth-order valence-corrected chi connectivity index (χ4v) is 0. The SMILES string of the molecule is CC[O-].I.[Na+]. The average Bonchev–Trinajstić information content (AvgIpc) is 0.918. The van der Waals surface area contributed by atoms with Gasteiger partial charge in [0.15, 0.2) is 0 Å². The Morgan fingerprint density at radius 1 is 1.60 bits per heavy atom. The second kappa shape index (κ2) is 17.3. The van der Waals surface area contributed by atoms with Crippen molar-refractivity contribution < 1.29 is 34.7 Å². The van der Waals surface area contributed by atoms with Crippen molar-refractivity contribution >= 4 is 24.0 Å². The first-order valence-corrected chi connectivity index (χ1v) is 0.996. The molecule has 0 saturated heterocycles. The van der Waals surface area contributed by atoms with Gasteiger partial charge >= 0.3 is 29.6 Å². The van der Waals surface area contributed by atoms with E-state index < -0.39 is 0 Å². The topological polar surface area (TPSA) is 23.1 Å². The van der Waals surface area contributed by atoms with Gasteiger partial charge in [-0.1, -0.05) is 6.92 Å². The monoisotopic (exact) mass is 196 g/mol. The molecule has 0 fully saturated rings. The van der Waals surface area contributed by atoms with Crippen molar-refractivity contribution in [1.29, 1.82) is 0 Å². The zero-order valence-electron chi connectivity index (χ0n) is 3.52. The molecule has 0 aliphatic rings. The molecule has 0 atom stereocenters. The second-order valence-corrected chi connectivity index (χ2v) is 0.289. The third kappa shape index (κ3) is 27.1. The van der Waals surface area contributed by atoms with Crippen LogP contribution in [-0.2, 0) is 0 Å². The molecule has 0 aromatic carbocycles. The van der Waals surface area contributed by atoms with Crippen LogP contribution in [0.4, 0.5) is 0 Å². The van der Waals surface area contributed by atoms with Gasteiger partial charge < -0.3 is 5.11 Å². The molecule has 0 aliphatic carbocycles. The summed E-state index contributed by atoms with van der Waals surface area (Å²) in [6.07, 6.45) is 0. The first-order valence-electron chi connectivity index (χ1n) is 0.996. The Morgan fingerprint density at radius 2 is 1.60 bits per heavy atom. The molecular weight excluding hydrogens is 190 g/mol. The Labute approximate surface area is 71.5 Å². The molecule has 0 rings (SSSR count). The summed E-state index contributed by atoms with van der Waals surface area (Å²) in [5.41, 5.74) is 0. The first kappa shape index (κ1) is 15.9. The smallest absolute Gasteiger partial charge is 0.855 e. The summed E-state index contributed by atoms with van der Waals surface area (Å²) < 4.78 is 0. The van der Waals surface area contributed by atoms with E-state index in [0.29, 0.717) is 0 Å². The van der Waals surface area contributed by atoms with Gasteiger partial charge in [-0.05, 0) is 0 Å². The van der Waals surface area contributed by atoms with Gasteiger partial charge in [-0.2, -0.15) is 0 Å². The third-order valence-electron chi connectivity index (χ3n) is 0. The summed E-state index contributed by atoms with van der Waals surface area (Å²) in [7, 11) is 0. The zero-order valence-corrected chi connectivity index (χ0v) is 7.85. The van der Waals surface area contributed by atoms with Crippen LogP contribution >= 0.6 is 24.0 Å². The van der Waals surface area contributed by atoms with Gasteiger partial charge in [0.05, 0.1) is 0 Å². The normalized spacial score (nSPS) is 3.60. The average molecular weight is 196 g/mol. The number of halogens is 1. The molecular formula is C2H6INaO. The van der Waals surface area contributed by atoms with Crippen LogP contribution in [0.2, 0.25) is 0 Å². The molecule has 0 heterocycles. The molecule has 1 nitrogen and oxygen atoms in total. The van der Waals surface area contributed by atoms with Crippen molar-refractivity contribution in [2.45, 2.75) is 6.92 Å². The molecule has 0 bridgehead atoms. The molecule has 0 unspecified atom stereocenters. The Balaban J connectivity index is -0.0000000200. The van der Waals surface area contributed by atoms with Gasteiger partial charge in [0.1, 0.15) is 0 Å². The molecule has 0 aliphatic heterocycles. The number of rotatable bonds is 0. The third-order valence-corrected chi connectivity index (χ3v) is 0. The van der Waals surface area contributed by atoms with Crippen LogP contribution in [0.1, 0.15) is 6.92 Å². The van der Waals surface area contributed by atoms with E-state index in [0.717, 1.165) is 0 Å². The van der Waals surface area contributed by atoms with Gasteiger partial charge in [-0.3, -0.25) is 0 Å². The van der Waals surface area contributed by atoms with Crippen LogP contribution in [0.3, 0.4) is 0 Å². The van der Waals surface area contributed by atoms with E-state index >= 15 is 0 Å². The Kier molecular flexibility index (Phi) is 55.0. The van der Waals surface area contributed by atoms with Gasteiger partial charge in [-0.25, -0.2) is 0 Å². The van der Waals surface area contributed by atoms with E-state index in [9.17, 15) is 0 Å². The molecule has 0 aromatic rings. The number of hydrogen-bond acceptors (Lipinski definition) is 1. The van der Waals surface area contributed by atoms with Gasteiger partial charge in [0, 0.05) is 0 Å². The maximum Gasteiger partial charge on any atom is 1.00 e. The van der Waals surface area contributed by atoms with Crippen molar-refractivity contribution in [1.82, 2.24) is 0 Å². The molecule has 0 radical (unpaired) electrons. The van der Waals surface area contributed by atoms with Crippen molar-refractivity contribution in [3.63, 3.8) is 0 Å². The Hall–Kier alpha value is 1.69. The zero-order chi connectivity index (χ0) is 2.71. The molecule has 0 N–H and O–H groups in total. The molecule has 0 amide bonds. The van der Waals surface area contributed by atoms with Gasteiger partial charge in [0.25, 0.3) is 0 Å². The van der Waals surface area contributed by atoms with E-state index in [1.807, 2.05) is 0 Å². The van der Waals surface area contributed by atoms with Crippen molar-refractivity contribution in [3.05, 3.63) is 0 Å². The van der Waals surface area contributed by atoms with E-state index in [1.165, 1.54) is 0 Å². The Bertz CT molecular complexity index is 9.61.